The van der Waals surface area contributed by atoms with E-state index in [-0.39, 0.29) is 18.1 Å². The first-order chi connectivity index (χ1) is 14.3. The van der Waals surface area contributed by atoms with Crippen molar-refractivity contribution >= 4 is 22.9 Å². The van der Waals surface area contributed by atoms with Crippen LogP contribution in [-0.2, 0) is 15.6 Å². The maximum absolute atomic E-state index is 8.21. The fraction of sp³-hybridized carbons (Fsp3) is 0.714. The zero-order chi connectivity index (χ0) is 24.9. The Morgan fingerprint density at radius 1 is 0.750 bits per heavy atom. The van der Waals surface area contributed by atoms with Gasteiger partial charge in [-0.25, -0.2) is 0 Å². The fourth-order valence-corrected chi connectivity index (χ4v) is 34.3. The van der Waals surface area contributed by atoms with Crippen LogP contribution in [0.2, 0.25) is 20.3 Å². The maximum atomic E-state index is 8.21. The molecule has 0 aromatic rings. The van der Waals surface area contributed by atoms with Crippen molar-refractivity contribution in [1.29, 1.82) is 0 Å². The van der Waals surface area contributed by atoms with E-state index < -0.39 is 21.5 Å². The summed E-state index contributed by atoms with van der Waals surface area (Å²) in [5.74, 6) is -0.132. The van der Waals surface area contributed by atoms with Crippen molar-refractivity contribution in [3.63, 3.8) is 0 Å². The SMILES string of the molecule is CC(C)CC1=C[CH]([Zr]([Cl])([Cl])([CH]2C=C(CC(C)C)C=C2C(C)(C)C)[SiH](C)C)C(C(C)(C)C)=C1. The summed E-state index contributed by atoms with van der Waals surface area (Å²) in [6, 6.07) is 0. The first-order valence-corrected chi connectivity index (χ1v) is 29.0. The average Bonchev–Trinajstić information content (AvgIpc) is 3.18. The van der Waals surface area contributed by atoms with E-state index in [2.05, 4.69) is 107 Å². The number of allylic oxidation sites excluding steroid dienone is 8. The second kappa shape index (κ2) is 9.59. The molecule has 0 saturated heterocycles. The Labute approximate surface area is 208 Å². The Kier molecular flexibility index (Phi) is 8.66. The summed E-state index contributed by atoms with van der Waals surface area (Å²) in [6.07, 6.45) is 12.2. The predicted octanol–water partition coefficient (Wildman–Crippen LogP) is 10.5. The van der Waals surface area contributed by atoms with Crippen LogP contribution >= 0.6 is 17.0 Å². The van der Waals surface area contributed by atoms with Crippen molar-refractivity contribution in [1.82, 2.24) is 0 Å². The summed E-state index contributed by atoms with van der Waals surface area (Å²) < 4.78 is 0.483. The monoisotopic (exact) mass is 573 g/mol. The molecule has 2 atom stereocenters. The number of halogens is 2. The molecule has 0 aromatic carbocycles. The Balaban J connectivity index is 2.76. The van der Waals surface area contributed by atoms with Crippen LogP contribution in [0.3, 0.4) is 0 Å². The minimum absolute atomic E-state index is 0.0662. The normalized spacial score (nSPS) is 24.0. The summed E-state index contributed by atoms with van der Waals surface area (Å²) in [5.41, 5.74) is 6.02. The van der Waals surface area contributed by atoms with Crippen LogP contribution in [0, 0.1) is 22.7 Å². The molecule has 0 saturated carbocycles. The molecule has 2 unspecified atom stereocenters. The third-order valence-corrected chi connectivity index (χ3v) is 59.4. The van der Waals surface area contributed by atoms with Crippen LogP contribution < -0.4 is 0 Å². The molecule has 0 N–H and O–H groups in total. The molecule has 2 aliphatic carbocycles. The molecule has 0 fully saturated rings. The van der Waals surface area contributed by atoms with Crippen LogP contribution in [0.1, 0.15) is 82.1 Å². The molecule has 0 aliphatic heterocycles. The van der Waals surface area contributed by atoms with Crippen molar-refractivity contribution in [3.05, 3.63) is 46.6 Å². The predicted molar refractivity (Wildman–Crippen MR) is 148 cm³/mol. The van der Waals surface area contributed by atoms with Gasteiger partial charge in [-0.3, -0.25) is 0 Å². The molecule has 0 amide bonds. The van der Waals surface area contributed by atoms with Crippen LogP contribution in [0.4, 0.5) is 0 Å². The van der Waals surface area contributed by atoms with Gasteiger partial charge in [0.1, 0.15) is 0 Å². The fourth-order valence-electron chi connectivity index (χ4n) is 5.67. The van der Waals surface area contributed by atoms with Gasteiger partial charge in [0, 0.05) is 0 Å². The van der Waals surface area contributed by atoms with E-state index in [1.807, 2.05) is 0 Å². The molecule has 0 heterocycles. The topological polar surface area (TPSA) is 0 Å². The van der Waals surface area contributed by atoms with E-state index in [0.29, 0.717) is 11.8 Å². The Hall–Kier alpha value is 0.640. The van der Waals surface area contributed by atoms with Crippen molar-refractivity contribution in [2.45, 2.75) is 102 Å². The quantitative estimate of drug-likeness (QED) is 0.265. The van der Waals surface area contributed by atoms with E-state index in [9.17, 15) is 0 Å². The Bertz CT molecular complexity index is 778. The van der Waals surface area contributed by atoms with Gasteiger partial charge in [-0.15, -0.1) is 0 Å². The number of rotatable bonds is 7. The van der Waals surface area contributed by atoms with Crippen LogP contribution in [0.25, 0.3) is 0 Å². The van der Waals surface area contributed by atoms with E-state index >= 15 is 0 Å². The van der Waals surface area contributed by atoms with Crippen LogP contribution in [0.15, 0.2) is 46.6 Å². The summed E-state index contributed by atoms with van der Waals surface area (Å²) in [4.78, 5) is 0. The molecular formula is C28H49Cl2SiZr. The second-order valence-electron chi connectivity index (χ2n) is 13.7. The Morgan fingerprint density at radius 2 is 1.06 bits per heavy atom. The molecule has 2 rings (SSSR count). The van der Waals surface area contributed by atoms with Crippen LogP contribution in [-0.4, -0.2) is 5.92 Å². The molecule has 4 heteroatoms. The number of hydrogen-bond donors (Lipinski definition) is 0. The summed E-state index contributed by atoms with van der Waals surface area (Å²) in [5, 5.41) is 0. The molecule has 0 nitrogen and oxygen atoms in total. The Morgan fingerprint density at radius 3 is 1.28 bits per heavy atom. The summed E-state index contributed by atoms with van der Waals surface area (Å²) in [6.45, 7) is 28.2. The zero-order valence-electron chi connectivity index (χ0n) is 22.9. The minimum atomic E-state index is -4.40. The van der Waals surface area contributed by atoms with E-state index in [0.717, 1.165) is 12.8 Å². The van der Waals surface area contributed by atoms with Gasteiger partial charge in [0.2, 0.25) is 0 Å². The third kappa shape index (κ3) is 5.71. The second-order valence-corrected chi connectivity index (χ2v) is 56.4. The molecule has 0 bridgehead atoms. The van der Waals surface area contributed by atoms with Crippen molar-refractivity contribution in [3.8, 4) is 0 Å². The molecule has 2 aliphatic rings. The molecule has 0 spiro atoms. The molecule has 0 radical (unpaired) electrons. The van der Waals surface area contributed by atoms with Gasteiger partial charge in [-0.05, 0) is 0 Å². The average molecular weight is 576 g/mol. The molecular weight excluding hydrogens is 527 g/mol. The zero-order valence-corrected chi connectivity index (χ0v) is 28.0. The van der Waals surface area contributed by atoms with Crippen molar-refractivity contribution in [2.24, 2.45) is 22.7 Å². The van der Waals surface area contributed by atoms with Crippen LogP contribution in [0.5, 0.6) is 0 Å². The molecule has 32 heavy (non-hydrogen) atoms. The molecule has 183 valence electrons. The van der Waals surface area contributed by atoms with Crippen molar-refractivity contribution < 1.29 is 15.6 Å². The van der Waals surface area contributed by atoms with Gasteiger partial charge >= 0.3 is 210 Å². The van der Waals surface area contributed by atoms with Gasteiger partial charge in [0.15, 0.2) is 0 Å². The number of hydrogen-bond acceptors (Lipinski definition) is 0. The first-order valence-electron chi connectivity index (χ1n) is 12.7. The molecule has 0 aromatic heterocycles. The standard InChI is InChI=1S/2C13H21.C2H7Si.2ClH.Zr/c2*1-10(2)8-11-6-7-12(9-11)13(3,4)5;1-3-2;;;/h2*6-7,9-10H,8H2,1-5H3;3H,1-2H3;2*1H;/q;;;;;+2/p-2. The van der Waals surface area contributed by atoms with E-state index in [1.54, 1.807) is 0 Å². The third-order valence-electron chi connectivity index (χ3n) is 7.42. The van der Waals surface area contributed by atoms with Crippen molar-refractivity contribution in [2.75, 3.05) is 0 Å². The summed E-state index contributed by atoms with van der Waals surface area (Å²) >= 11 is -4.40. The van der Waals surface area contributed by atoms with Gasteiger partial charge < -0.3 is 0 Å². The van der Waals surface area contributed by atoms with Gasteiger partial charge in [0.05, 0.1) is 0 Å². The van der Waals surface area contributed by atoms with E-state index in [4.69, 9.17) is 17.0 Å². The first kappa shape index (κ1) is 28.9. The van der Waals surface area contributed by atoms with E-state index in [1.165, 1.54) is 22.3 Å². The summed E-state index contributed by atoms with van der Waals surface area (Å²) in [7, 11) is 16.4. The van der Waals surface area contributed by atoms with Gasteiger partial charge in [-0.1, -0.05) is 0 Å². The van der Waals surface area contributed by atoms with Gasteiger partial charge in [-0.2, -0.15) is 0 Å². The van der Waals surface area contributed by atoms with Gasteiger partial charge in [0.25, 0.3) is 0 Å².